The Kier molecular flexibility index (Phi) is 21.9. The van der Waals surface area contributed by atoms with Crippen molar-refractivity contribution < 1.29 is 0 Å². The van der Waals surface area contributed by atoms with Crippen LogP contribution in [0.15, 0.2) is 0 Å². The molecule has 0 rings (SSSR count). The Morgan fingerprint density at radius 2 is 0.800 bits per heavy atom. The van der Waals surface area contributed by atoms with E-state index in [0.717, 1.165) is 19.4 Å². The first-order valence-corrected chi connectivity index (χ1v) is 11.8. The highest BCUT2D eigenvalue weighted by atomic mass is 14.6. The van der Waals surface area contributed by atoms with Crippen LogP contribution in [-0.4, -0.2) is 12.6 Å². The van der Waals surface area contributed by atoms with Gasteiger partial charge in [-0.05, 0) is 25.8 Å². The van der Waals surface area contributed by atoms with E-state index in [4.69, 9.17) is 11.5 Å². The van der Waals surface area contributed by atoms with Crippen LogP contribution in [0.4, 0.5) is 0 Å². The summed E-state index contributed by atoms with van der Waals surface area (Å²) in [6, 6.07) is 0.389. The second-order valence-corrected chi connectivity index (χ2v) is 8.14. The minimum Gasteiger partial charge on any atom is -0.330 e. The molecule has 2 nitrogen and oxygen atoms in total. The molecule has 0 fully saturated rings. The summed E-state index contributed by atoms with van der Waals surface area (Å²) in [5, 5.41) is 0. The summed E-state index contributed by atoms with van der Waals surface area (Å²) in [4.78, 5) is 0. The van der Waals surface area contributed by atoms with Gasteiger partial charge in [0.2, 0.25) is 0 Å². The molecule has 1 unspecified atom stereocenters. The van der Waals surface area contributed by atoms with Crippen molar-refractivity contribution in [2.24, 2.45) is 11.5 Å². The molecule has 0 aromatic carbocycles. The van der Waals surface area contributed by atoms with Crippen LogP contribution in [0.5, 0.6) is 0 Å². The quantitative estimate of drug-likeness (QED) is 0.216. The van der Waals surface area contributed by atoms with Crippen molar-refractivity contribution in [1.82, 2.24) is 0 Å². The summed E-state index contributed by atoms with van der Waals surface area (Å²) in [6.45, 7) is 3.08. The minimum atomic E-state index is 0.389. The lowest BCUT2D eigenvalue weighted by molar-refractivity contribution is 0.495. The topological polar surface area (TPSA) is 52.0 Å². The van der Waals surface area contributed by atoms with Crippen LogP contribution in [0.2, 0.25) is 0 Å². The fourth-order valence-corrected chi connectivity index (χ4v) is 3.66. The summed E-state index contributed by atoms with van der Waals surface area (Å²) in [6.07, 6.45) is 27.8. The number of unbranched alkanes of at least 4 members (excludes halogenated alkanes) is 16. The maximum atomic E-state index is 6.07. The predicted octanol–water partition coefficient (Wildman–Crippen LogP) is 7.09. The molecule has 0 aliphatic heterocycles. The molecular weight excluding hydrogens is 304 g/mol. The molecule has 25 heavy (non-hydrogen) atoms. The van der Waals surface area contributed by atoms with Crippen LogP contribution in [0.25, 0.3) is 0 Å². The fourth-order valence-electron chi connectivity index (χ4n) is 3.66. The molecule has 0 aliphatic rings. The first-order chi connectivity index (χ1) is 12.3. The molecule has 1 atom stereocenters. The van der Waals surface area contributed by atoms with Crippen molar-refractivity contribution in [1.29, 1.82) is 0 Å². The molecule has 0 heterocycles. The Bertz CT molecular complexity index is 230. The number of rotatable bonds is 21. The second kappa shape index (κ2) is 22.0. The van der Waals surface area contributed by atoms with Crippen molar-refractivity contribution in [3.63, 3.8) is 0 Å². The molecule has 0 aromatic rings. The molecule has 4 N–H and O–H groups in total. The molecular formula is C23H50N2. The average molecular weight is 355 g/mol. The summed E-state index contributed by atoms with van der Waals surface area (Å²) < 4.78 is 0. The van der Waals surface area contributed by atoms with E-state index in [9.17, 15) is 0 Å². The van der Waals surface area contributed by atoms with E-state index in [1.165, 1.54) is 116 Å². The van der Waals surface area contributed by atoms with E-state index < -0.39 is 0 Å². The summed E-state index contributed by atoms with van der Waals surface area (Å²) in [7, 11) is 0. The van der Waals surface area contributed by atoms with Gasteiger partial charge in [-0.25, -0.2) is 0 Å². The van der Waals surface area contributed by atoms with Gasteiger partial charge in [0, 0.05) is 6.04 Å². The summed E-state index contributed by atoms with van der Waals surface area (Å²) in [5.74, 6) is 0. The van der Waals surface area contributed by atoms with Crippen molar-refractivity contribution in [3.05, 3.63) is 0 Å². The van der Waals surface area contributed by atoms with Gasteiger partial charge in [-0.3, -0.25) is 0 Å². The Balaban J connectivity index is 3.03. The lowest BCUT2D eigenvalue weighted by Gasteiger charge is -2.10. The van der Waals surface area contributed by atoms with E-state index in [2.05, 4.69) is 6.92 Å². The largest absolute Gasteiger partial charge is 0.330 e. The zero-order valence-corrected chi connectivity index (χ0v) is 17.6. The van der Waals surface area contributed by atoms with Gasteiger partial charge in [0.15, 0.2) is 0 Å². The molecule has 0 bridgehead atoms. The molecule has 152 valence electrons. The normalized spacial score (nSPS) is 12.6. The van der Waals surface area contributed by atoms with Gasteiger partial charge in [0.25, 0.3) is 0 Å². The standard InChI is InChI=1S/C23H50N2/c1-2-3-4-5-6-7-8-9-10-11-12-13-14-15-16-17-18-20-23(25)21-19-22-24/h23H,2-22,24-25H2,1H3. The van der Waals surface area contributed by atoms with E-state index in [0.29, 0.717) is 6.04 Å². The monoisotopic (exact) mass is 354 g/mol. The van der Waals surface area contributed by atoms with Gasteiger partial charge in [0.05, 0.1) is 0 Å². The Morgan fingerprint density at radius 1 is 0.480 bits per heavy atom. The van der Waals surface area contributed by atoms with Crippen molar-refractivity contribution in [3.8, 4) is 0 Å². The van der Waals surface area contributed by atoms with Gasteiger partial charge < -0.3 is 11.5 Å². The van der Waals surface area contributed by atoms with Gasteiger partial charge in [-0.2, -0.15) is 0 Å². The molecule has 2 heteroatoms. The van der Waals surface area contributed by atoms with Crippen LogP contribution >= 0.6 is 0 Å². The third-order valence-corrected chi connectivity index (χ3v) is 5.46. The molecule has 0 saturated heterocycles. The summed E-state index contributed by atoms with van der Waals surface area (Å²) in [5.41, 5.74) is 11.6. The van der Waals surface area contributed by atoms with Crippen LogP contribution in [0.1, 0.15) is 135 Å². The van der Waals surface area contributed by atoms with Gasteiger partial charge >= 0.3 is 0 Å². The van der Waals surface area contributed by atoms with E-state index in [1.807, 2.05) is 0 Å². The van der Waals surface area contributed by atoms with Crippen molar-refractivity contribution in [2.75, 3.05) is 6.54 Å². The summed E-state index contributed by atoms with van der Waals surface area (Å²) >= 11 is 0. The van der Waals surface area contributed by atoms with E-state index in [1.54, 1.807) is 0 Å². The highest BCUT2D eigenvalue weighted by molar-refractivity contribution is 4.61. The van der Waals surface area contributed by atoms with Gasteiger partial charge in [-0.15, -0.1) is 0 Å². The third kappa shape index (κ3) is 21.9. The minimum absolute atomic E-state index is 0.389. The Hall–Kier alpha value is -0.0800. The maximum absolute atomic E-state index is 6.07. The predicted molar refractivity (Wildman–Crippen MR) is 115 cm³/mol. The number of hydrogen-bond acceptors (Lipinski definition) is 2. The Labute approximate surface area is 159 Å². The fraction of sp³-hybridized carbons (Fsp3) is 1.00. The molecule has 0 aliphatic carbocycles. The highest BCUT2D eigenvalue weighted by Gasteiger charge is 2.01. The van der Waals surface area contributed by atoms with E-state index in [-0.39, 0.29) is 0 Å². The Morgan fingerprint density at radius 3 is 1.16 bits per heavy atom. The molecule has 0 amide bonds. The molecule has 0 aromatic heterocycles. The molecule has 0 radical (unpaired) electrons. The van der Waals surface area contributed by atoms with Crippen molar-refractivity contribution >= 4 is 0 Å². The molecule has 0 spiro atoms. The number of nitrogens with two attached hydrogens (primary N) is 2. The van der Waals surface area contributed by atoms with Crippen LogP contribution in [-0.2, 0) is 0 Å². The van der Waals surface area contributed by atoms with Crippen LogP contribution in [0.3, 0.4) is 0 Å². The highest BCUT2D eigenvalue weighted by Crippen LogP contribution is 2.14. The van der Waals surface area contributed by atoms with Crippen molar-refractivity contribution in [2.45, 2.75) is 141 Å². The molecule has 0 saturated carbocycles. The first kappa shape index (κ1) is 24.9. The van der Waals surface area contributed by atoms with Gasteiger partial charge in [0.1, 0.15) is 0 Å². The van der Waals surface area contributed by atoms with E-state index >= 15 is 0 Å². The maximum Gasteiger partial charge on any atom is 0.00392 e. The smallest absolute Gasteiger partial charge is 0.00392 e. The van der Waals surface area contributed by atoms with Crippen LogP contribution < -0.4 is 11.5 Å². The second-order valence-electron chi connectivity index (χ2n) is 8.14. The average Bonchev–Trinajstić information content (AvgIpc) is 2.62. The SMILES string of the molecule is CCCCCCCCCCCCCCCCCCCC(N)CCCN. The first-order valence-electron chi connectivity index (χ1n) is 11.8. The third-order valence-electron chi connectivity index (χ3n) is 5.46. The number of hydrogen-bond donors (Lipinski definition) is 2. The lowest BCUT2D eigenvalue weighted by Crippen LogP contribution is -2.20. The zero-order valence-electron chi connectivity index (χ0n) is 17.6. The lowest BCUT2D eigenvalue weighted by atomic mass is 10.0. The zero-order chi connectivity index (χ0) is 18.4. The van der Waals surface area contributed by atoms with Crippen LogP contribution in [0, 0.1) is 0 Å². The van der Waals surface area contributed by atoms with Gasteiger partial charge in [-0.1, -0.05) is 116 Å².